The number of benzene rings is 2. The fraction of sp³-hybridized carbons (Fsp3) is 0.235. The highest BCUT2D eigenvalue weighted by molar-refractivity contribution is 7.77. The summed E-state index contributed by atoms with van der Waals surface area (Å²) in [6.45, 7) is 0.129. The minimum atomic E-state index is -2.36. The lowest BCUT2D eigenvalue weighted by atomic mass is 10.1. The van der Waals surface area contributed by atoms with Gasteiger partial charge in [0.1, 0.15) is 11.6 Å². The van der Waals surface area contributed by atoms with Gasteiger partial charge in [0.15, 0.2) is 5.60 Å². The van der Waals surface area contributed by atoms with Crippen molar-refractivity contribution in [3.8, 4) is 5.75 Å². The maximum absolute atomic E-state index is 13.2. The Morgan fingerprint density at radius 1 is 1.24 bits per heavy atom. The van der Waals surface area contributed by atoms with Crippen molar-refractivity contribution in [2.24, 2.45) is 0 Å². The third kappa shape index (κ3) is 2.92. The summed E-state index contributed by atoms with van der Waals surface area (Å²) in [5.74, 6) is -0.0339. The van der Waals surface area contributed by atoms with Crippen LogP contribution in [-0.2, 0) is 22.6 Å². The van der Waals surface area contributed by atoms with Crippen LogP contribution in [0.25, 0.3) is 0 Å². The van der Waals surface area contributed by atoms with Crippen LogP contribution in [-0.4, -0.2) is 20.3 Å². The van der Waals surface area contributed by atoms with Crippen LogP contribution in [0.4, 0.5) is 15.8 Å². The zero-order valence-electron chi connectivity index (χ0n) is 13.0. The normalized spacial score (nSPS) is 18.6. The largest absolute Gasteiger partial charge is 0.760 e. The number of halogens is 1. The molecular weight excluding hydrogens is 347 g/mol. The average molecular weight is 361 g/mol. The number of carbonyl (C=O) groups is 1. The van der Waals surface area contributed by atoms with E-state index in [1.807, 2.05) is 0 Å². The van der Waals surface area contributed by atoms with Crippen LogP contribution in [0, 0.1) is 5.82 Å². The van der Waals surface area contributed by atoms with E-state index in [9.17, 15) is 17.9 Å². The first kappa shape index (κ1) is 16.2. The summed E-state index contributed by atoms with van der Waals surface area (Å²) >= 11 is -2.36. The van der Waals surface area contributed by atoms with Crippen LogP contribution in [0.1, 0.15) is 18.4 Å². The van der Waals surface area contributed by atoms with Gasteiger partial charge in [-0.3, -0.25) is 13.9 Å². The Bertz CT molecular complexity index is 867. The molecule has 25 heavy (non-hydrogen) atoms. The number of hydrogen-bond donors (Lipinski definition) is 1. The fourth-order valence-corrected chi connectivity index (χ4v) is 3.21. The molecule has 0 saturated heterocycles. The maximum Gasteiger partial charge on any atom is 0.275 e. The van der Waals surface area contributed by atoms with Gasteiger partial charge in [0, 0.05) is 36.3 Å². The van der Waals surface area contributed by atoms with Gasteiger partial charge in [-0.25, -0.2) is 9.11 Å². The molecule has 2 aliphatic rings. The Morgan fingerprint density at radius 2 is 1.96 bits per heavy atom. The van der Waals surface area contributed by atoms with E-state index in [1.165, 1.54) is 17.0 Å². The van der Waals surface area contributed by atoms with Crippen LogP contribution in [0.2, 0.25) is 0 Å². The number of nitrogens with one attached hydrogen (secondary N) is 1. The quantitative estimate of drug-likeness (QED) is 0.847. The van der Waals surface area contributed by atoms with Gasteiger partial charge in [0.25, 0.3) is 5.91 Å². The standard InChI is InChI=1S/C17H15FN2O4S/c18-12-2-4-13(5-3-12)20-14-6-1-11(10-19-25(22)23)9-15(14)24-17(7-8-17)16(20)21/h1-6,9,19H,7-8,10H2,(H,22,23)/p-1. The zero-order chi connectivity index (χ0) is 17.6. The second kappa shape index (κ2) is 5.91. The van der Waals surface area contributed by atoms with Crippen molar-refractivity contribution in [2.75, 3.05) is 4.90 Å². The maximum atomic E-state index is 13.2. The molecule has 0 aromatic heterocycles. The Hall–Kier alpha value is -2.29. The van der Waals surface area contributed by atoms with E-state index in [0.717, 1.165) is 0 Å². The number of amides is 1. The molecule has 1 amide bonds. The molecule has 0 bridgehead atoms. The van der Waals surface area contributed by atoms with Gasteiger partial charge in [0.05, 0.1) is 5.69 Å². The summed E-state index contributed by atoms with van der Waals surface area (Å²) in [6, 6.07) is 10.9. The van der Waals surface area contributed by atoms with E-state index in [-0.39, 0.29) is 18.3 Å². The second-order valence-electron chi connectivity index (χ2n) is 6.07. The van der Waals surface area contributed by atoms with Gasteiger partial charge in [-0.05, 0) is 42.0 Å². The SMILES string of the molecule is O=C1N(c2ccc(F)cc2)c2ccc(CNS(=O)[O-])cc2OC12CC2. The molecule has 1 aliphatic carbocycles. The highest BCUT2D eigenvalue weighted by Gasteiger charge is 2.58. The van der Waals surface area contributed by atoms with E-state index < -0.39 is 16.9 Å². The van der Waals surface area contributed by atoms with E-state index in [0.29, 0.717) is 35.5 Å². The van der Waals surface area contributed by atoms with Crippen LogP contribution >= 0.6 is 0 Å². The minimum absolute atomic E-state index is 0.129. The molecule has 1 fully saturated rings. The van der Waals surface area contributed by atoms with Crippen molar-refractivity contribution in [1.29, 1.82) is 0 Å². The predicted octanol–water partition coefficient (Wildman–Crippen LogP) is 2.30. The molecular formula is C17H14FN2O4S-. The lowest BCUT2D eigenvalue weighted by Gasteiger charge is -2.35. The number of ether oxygens (including phenoxy) is 1. The molecule has 1 spiro atoms. The van der Waals surface area contributed by atoms with Crippen LogP contribution < -0.4 is 14.4 Å². The van der Waals surface area contributed by atoms with Crippen LogP contribution in [0.5, 0.6) is 5.75 Å². The molecule has 2 aromatic rings. The third-order valence-corrected chi connectivity index (χ3v) is 4.73. The molecule has 1 aliphatic heterocycles. The van der Waals surface area contributed by atoms with Gasteiger partial charge in [0.2, 0.25) is 0 Å². The molecule has 0 radical (unpaired) electrons. The Labute approximate surface area is 146 Å². The van der Waals surface area contributed by atoms with Crippen molar-refractivity contribution < 1.29 is 22.7 Å². The summed E-state index contributed by atoms with van der Waals surface area (Å²) in [7, 11) is 0. The molecule has 1 saturated carbocycles. The Morgan fingerprint density at radius 3 is 2.60 bits per heavy atom. The lowest BCUT2D eigenvalue weighted by Crippen LogP contribution is -2.45. The average Bonchev–Trinajstić information content (AvgIpc) is 3.36. The molecule has 1 atom stereocenters. The van der Waals surface area contributed by atoms with Gasteiger partial charge >= 0.3 is 0 Å². The van der Waals surface area contributed by atoms with Gasteiger partial charge in [-0.1, -0.05) is 6.07 Å². The first-order chi connectivity index (χ1) is 12.0. The highest BCUT2D eigenvalue weighted by atomic mass is 32.2. The van der Waals surface area contributed by atoms with Crippen molar-refractivity contribution >= 4 is 28.5 Å². The number of hydrogen-bond acceptors (Lipinski definition) is 4. The van der Waals surface area contributed by atoms with Crippen molar-refractivity contribution in [1.82, 2.24) is 4.72 Å². The predicted molar refractivity (Wildman–Crippen MR) is 88.3 cm³/mol. The Kier molecular flexibility index (Phi) is 3.82. The summed E-state index contributed by atoms with van der Waals surface area (Å²) in [5.41, 5.74) is 0.969. The fourth-order valence-electron chi connectivity index (χ4n) is 2.92. The van der Waals surface area contributed by atoms with E-state index >= 15 is 0 Å². The molecule has 1 heterocycles. The number of rotatable bonds is 4. The molecule has 6 nitrogen and oxygen atoms in total. The summed E-state index contributed by atoms with van der Waals surface area (Å²) in [5, 5.41) is 0. The topological polar surface area (TPSA) is 81.7 Å². The van der Waals surface area contributed by atoms with E-state index in [1.54, 1.807) is 30.3 Å². The minimum Gasteiger partial charge on any atom is -0.760 e. The second-order valence-corrected chi connectivity index (χ2v) is 6.83. The van der Waals surface area contributed by atoms with Crippen molar-refractivity contribution in [2.45, 2.75) is 25.0 Å². The zero-order valence-corrected chi connectivity index (χ0v) is 13.8. The molecule has 130 valence electrons. The first-order valence-corrected chi connectivity index (χ1v) is 8.81. The van der Waals surface area contributed by atoms with Crippen molar-refractivity contribution in [3.63, 3.8) is 0 Å². The number of anilines is 2. The first-order valence-electron chi connectivity index (χ1n) is 7.73. The number of nitrogens with zero attached hydrogens (tertiary/aromatic N) is 1. The summed E-state index contributed by atoms with van der Waals surface area (Å²) in [6.07, 6.45) is 1.24. The van der Waals surface area contributed by atoms with E-state index in [4.69, 9.17) is 4.74 Å². The number of carbonyl (C=O) groups excluding carboxylic acids is 1. The van der Waals surface area contributed by atoms with Gasteiger partial charge < -0.3 is 9.29 Å². The molecule has 1 unspecified atom stereocenters. The van der Waals surface area contributed by atoms with Gasteiger partial charge in [-0.15, -0.1) is 0 Å². The van der Waals surface area contributed by atoms with Crippen LogP contribution in [0.3, 0.4) is 0 Å². The smallest absolute Gasteiger partial charge is 0.275 e. The summed E-state index contributed by atoms with van der Waals surface area (Å²) in [4.78, 5) is 14.4. The van der Waals surface area contributed by atoms with Gasteiger partial charge in [-0.2, -0.15) is 0 Å². The molecule has 1 N–H and O–H groups in total. The third-order valence-electron chi connectivity index (χ3n) is 4.35. The van der Waals surface area contributed by atoms with E-state index in [2.05, 4.69) is 4.72 Å². The highest BCUT2D eigenvalue weighted by Crippen LogP contribution is 2.51. The van der Waals surface area contributed by atoms with Crippen LogP contribution in [0.15, 0.2) is 42.5 Å². The molecule has 2 aromatic carbocycles. The molecule has 8 heteroatoms. The monoisotopic (exact) mass is 361 g/mol. The lowest BCUT2D eigenvalue weighted by molar-refractivity contribution is -0.127. The Balaban J connectivity index is 1.74. The number of fused-ring (bicyclic) bond motifs is 1. The molecule has 4 rings (SSSR count). The summed E-state index contributed by atoms with van der Waals surface area (Å²) < 4.78 is 42.8. The van der Waals surface area contributed by atoms with Crippen molar-refractivity contribution in [3.05, 3.63) is 53.8 Å².